The normalized spacial score (nSPS) is 17.4. The molecule has 4 nitrogen and oxygen atoms in total. The minimum Gasteiger partial charge on any atom is -0.371 e. The van der Waals surface area contributed by atoms with E-state index in [4.69, 9.17) is 11.6 Å². The number of rotatable bonds is 6. The molecule has 0 aromatic heterocycles. The number of benzene rings is 2. The maximum atomic E-state index is 6.03. The van der Waals surface area contributed by atoms with E-state index in [1.54, 1.807) is 0 Å². The third kappa shape index (κ3) is 5.40. The molecular formula is C21H27ClN4. The van der Waals surface area contributed by atoms with Gasteiger partial charge in [-0.1, -0.05) is 41.9 Å². The van der Waals surface area contributed by atoms with Crippen LogP contribution in [0.1, 0.15) is 12.0 Å². The molecule has 3 rings (SSSR count). The van der Waals surface area contributed by atoms with Crippen molar-refractivity contribution in [3.05, 3.63) is 65.2 Å². The van der Waals surface area contributed by atoms with E-state index in [9.17, 15) is 0 Å². The number of guanidine groups is 1. The average molecular weight is 371 g/mol. The Morgan fingerprint density at radius 2 is 2.00 bits per heavy atom. The molecule has 1 unspecified atom stereocenters. The van der Waals surface area contributed by atoms with Gasteiger partial charge in [0.1, 0.15) is 0 Å². The summed E-state index contributed by atoms with van der Waals surface area (Å²) in [6.07, 6.45) is 2.13. The second-order valence-corrected chi connectivity index (χ2v) is 7.13. The molecule has 0 aliphatic carbocycles. The van der Waals surface area contributed by atoms with Gasteiger partial charge in [-0.25, -0.2) is 0 Å². The zero-order chi connectivity index (χ0) is 18.2. The Kier molecular flexibility index (Phi) is 6.78. The standard InChI is InChI=1S/C21H27ClN4/c1-23-21(24-12-10-17-6-5-7-19(22)14-17)25-15-18-11-13-26(16-18)20-8-3-2-4-9-20/h2-9,14,18H,10-13,15-16H2,1H3,(H2,23,24,25). The number of nitrogens with zero attached hydrogens (tertiary/aromatic N) is 2. The fourth-order valence-corrected chi connectivity index (χ4v) is 3.56. The Morgan fingerprint density at radius 3 is 2.77 bits per heavy atom. The molecule has 0 bridgehead atoms. The minimum absolute atomic E-state index is 0.640. The van der Waals surface area contributed by atoms with Crippen LogP contribution in [0.4, 0.5) is 5.69 Å². The summed E-state index contributed by atoms with van der Waals surface area (Å²) in [4.78, 5) is 6.79. The van der Waals surface area contributed by atoms with E-state index in [-0.39, 0.29) is 0 Å². The molecule has 1 saturated heterocycles. The highest BCUT2D eigenvalue weighted by molar-refractivity contribution is 6.30. The molecule has 1 aliphatic heterocycles. The van der Waals surface area contributed by atoms with Crippen LogP contribution in [-0.2, 0) is 6.42 Å². The van der Waals surface area contributed by atoms with Crippen molar-refractivity contribution >= 4 is 23.2 Å². The molecule has 2 N–H and O–H groups in total. The third-order valence-electron chi connectivity index (χ3n) is 4.78. The van der Waals surface area contributed by atoms with Crippen LogP contribution in [0.2, 0.25) is 5.02 Å². The van der Waals surface area contributed by atoms with Gasteiger partial charge in [-0.2, -0.15) is 0 Å². The Balaban J connectivity index is 1.39. The van der Waals surface area contributed by atoms with E-state index >= 15 is 0 Å². The molecule has 0 spiro atoms. The Morgan fingerprint density at radius 1 is 1.15 bits per heavy atom. The first kappa shape index (κ1) is 18.6. The van der Waals surface area contributed by atoms with Crippen LogP contribution in [0.5, 0.6) is 0 Å². The van der Waals surface area contributed by atoms with Crippen molar-refractivity contribution in [3.8, 4) is 0 Å². The first-order valence-electron chi connectivity index (χ1n) is 9.23. The topological polar surface area (TPSA) is 39.7 Å². The zero-order valence-corrected chi connectivity index (χ0v) is 16.0. The van der Waals surface area contributed by atoms with Crippen molar-refractivity contribution in [2.75, 3.05) is 38.1 Å². The fourth-order valence-electron chi connectivity index (χ4n) is 3.35. The minimum atomic E-state index is 0.640. The van der Waals surface area contributed by atoms with Crippen molar-refractivity contribution in [2.24, 2.45) is 10.9 Å². The number of halogens is 1. The van der Waals surface area contributed by atoms with E-state index < -0.39 is 0 Å². The van der Waals surface area contributed by atoms with Crippen molar-refractivity contribution in [1.82, 2.24) is 10.6 Å². The smallest absolute Gasteiger partial charge is 0.190 e. The van der Waals surface area contributed by atoms with Crippen LogP contribution in [0.25, 0.3) is 0 Å². The molecule has 26 heavy (non-hydrogen) atoms. The molecule has 0 radical (unpaired) electrons. The van der Waals surface area contributed by atoms with Gasteiger partial charge in [0, 0.05) is 43.9 Å². The van der Waals surface area contributed by atoms with Crippen LogP contribution in [0.15, 0.2) is 59.6 Å². The molecule has 2 aromatic rings. The van der Waals surface area contributed by atoms with E-state index in [2.05, 4.69) is 56.9 Å². The lowest BCUT2D eigenvalue weighted by Gasteiger charge is -2.19. The van der Waals surface area contributed by atoms with Crippen molar-refractivity contribution < 1.29 is 0 Å². The number of hydrogen-bond acceptors (Lipinski definition) is 2. The third-order valence-corrected chi connectivity index (χ3v) is 5.02. The highest BCUT2D eigenvalue weighted by atomic mass is 35.5. The Labute approximate surface area is 161 Å². The van der Waals surface area contributed by atoms with E-state index in [0.29, 0.717) is 5.92 Å². The summed E-state index contributed by atoms with van der Waals surface area (Å²) in [5.74, 6) is 1.51. The summed E-state index contributed by atoms with van der Waals surface area (Å²) in [6.45, 7) is 3.99. The maximum absolute atomic E-state index is 6.03. The van der Waals surface area contributed by atoms with Gasteiger partial charge >= 0.3 is 0 Å². The SMILES string of the molecule is CN=C(NCCc1cccc(Cl)c1)NCC1CCN(c2ccccc2)C1. The summed E-state index contributed by atoms with van der Waals surface area (Å²) in [7, 11) is 1.82. The Bertz CT molecular complexity index is 717. The molecular weight excluding hydrogens is 344 g/mol. The van der Waals surface area contributed by atoms with Gasteiger partial charge < -0.3 is 15.5 Å². The summed E-state index contributed by atoms with van der Waals surface area (Å²) >= 11 is 6.03. The second-order valence-electron chi connectivity index (χ2n) is 6.70. The van der Waals surface area contributed by atoms with Crippen LogP contribution < -0.4 is 15.5 Å². The summed E-state index contributed by atoms with van der Waals surface area (Å²) in [5, 5.41) is 7.64. The van der Waals surface area contributed by atoms with Crippen molar-refractivity contribution in [3.63, 3.8) is 0 Å². The monoisotopic (exact) mass is 370 g/mol. The lowest BCUT2D eigenvalue weighted by Crippen LogP contribution is -2.41. The van der Waals surface area contributed by atoms with Gasteiger partial charge in [0.25, 0.3) is 0 Å². The molecule has 1 atom stereocenters. The molecule has 1 heterocycles. The van der Waals surface area contributed by atoms with E-state index in [1.807, 2.05) is 25.2 Å². The fraction of sp³-hybridized carbons (Fsp3) is 0.381. The van der Waals surface area contributed by atoms with Gasteiger partial charge in [-0.15, -0.1) is 0 Å². The first-order valence-corrected chi connectivity index (χ1v) is 9.61. The summed E-state index contributed by atoms with van der Waals surface area (Å²) < 4.78 is 0. The first-order chi connectivity index (χ1) is 12.7. The number of aliphatic imine (C=N–C) groups is 1. The number of anilines is 1. The van der Waals surface area contributed by atoms with Gasteiger partial charge in [-0.3, -0.25) is 4.99 Å². The number of nitrogens with one attached hydrogen (secondary N) is 2. The van der Waals surface area contributed by atoms with Crippen LogP contribution in [0, 0.1) is 5.92 Å². The van der Waals surface area contributed by atoms with Gasteiger partial charge in [0.15, 0.2) is 5.96 Å². The van der Waals surface area contributed by atoms with E-state index in [0.717, 1.165) is 43.6 Å². The highest BCUT2D eigenvalue weighted by Gasteiger charge is 2.22. The van der Waals surface area contributed by atoms with Gasteiger partial charge in [0.2, 0.25) is 0 Å². The summed E-state index contributed by atoms with van der Waals surface area (Å²) in [5.41, 5.74) is 2.55. The molecule has 138 valence electrons. The number of hydrogen-bond donors (Lipinski definition) is 2. The predicted octanol–water partition coefficient (Wildman–Crippen LogP) is 3.57. The lowest BCUT2D eigenvalue weighted by atomic mass is 10.1. The molecule has 0 saturated carbocycles. The molecule has 0 amide bonds. The molecule has 1 fully saturated rings. The molecule has 1 aliphatic rings. The van der Waals surface area contributed by atoms with Crippen molar-refractivity contribution in [1.29, 1.82) is 0 Å². The lowest BCUT2D eigenvalue weighted by molar-refractivity contribution is 0.566. The molecule has 2 aromatic carbocycles. The zero-order valence-electron chi connectivity index (χ0n) is 15.3. The average Bonchev–Trinajstić information content (AvgIpc) is 3.14. The largest absolute Gasteiger partial charge is 0.371 e. The van der Waals surface area contributed by atoms with Gasteiger partial charge in [-0.05, 0) is 48.6 Å². The van der Waals surface area contributed by atoms with E-state index in [1.165, 1.54) is 17.7 Å². The molecule has 5 heteroatoms. The van der Waals surface area contributed by atoms with Crippen molar-refractivity contribution in [2.45, 2.75) is 12.8 Å². The predicted molar refractivity (Wildman–Crippen MR) is 111 cm³/mol. The van der Waals surface area contributed by atoms with Gasteiger partial charge in [0.05, 0.1) is 0 Å². The van der Waals surface area contributed by atoms with Crippen LogP contribution in [0.3, 0.4) is 0 Å². The summed E-state index contributed by atoms with van der Waals surface area (Å²) in [6, 6.07) is 18.6. The maximum Gasteiger partial charge on any atom is 0.190 e. The second kappa shape index (κ2) is 9.48. The highest BCUT2D eigenvalue weighted by Crippen LogP contribution is 2.22. The quantitative estimate of drug-likeness (QED) is 0.603. The number of para-hydroxylation sites is 1. The van der Waals surface area contributed by atoms with Crippen LogP contribution >= 0.6 is 11.6 Å². The van der Waals surface area contributed by atoms with Crippen LogP contribution in [-0.4, -0.2) is 39.2 Å². The Hall–Kier alpha value is -2.20.